The van der Waals surface area contributed by atoms with Gasteiger partial charge in [0.25, 0.3) is 0 Å². The highest BCUT2D eigenvalue weighted by Gasteiger charge is 2.35. The Morgan fingerprint density at radius 1 is 1.21 bits per heavy atom. The average molecular weight is 332 g/mol. The number of carbonyl (C=O) groups excluding carboxylic acids is 1. The van der Waals surface area contributed by atoms with Crippen molar-refractivity contribution in [1.29, 1.82) is 0 Å². The molecule has 3 nitrogen and oxygen atoms in total. The number of aliphatic hydroxyl groups is 1. The van der Waals surface area contributed by atoms with Gasteiger partial charge < -0.3 is 10.4 Å². The van der Waals surface area contributed by atoms with E-state index in [0.717, 1.165) is 12.8 Å². The summed E-state index contributed by atoms with van der Waals surface area (Å²) in [6.07, 6.45) is 4.96. The third-order valence-corrected chi connectivity index (χ3v) is 5.55. The Morgan fingerprint density at radius 3 is 2.50 bits per heavy atom. The van der Waals surface area contributed by atoms with Crippen LogP contribution in [0.2, 0.25) is 0 Å². The summed E-state index contributed by atoms with van der Waals surface area (Å²) >= 11 is 0. The van der Waals surface area contributed by atoms with Crippen molar-refractivity contribution >= 4 is 5.91 Å². The lowest BCUT2D eigenvalue weighted by molar-refractivity contribution is -0.129. The molecule has 1 aromatic carbocycles. The molecule has 134 valence electrons. The van der Waals surface area contributed by atoms with Crippen LogP contribution in [0.15, 0.2) is 24.3 Å². The SMILES string of the molecule is CC1CCC(C(C)C)C(C(=O)NCCc2ccccc2CCO)C1. The van der Waals surface area contributed by atoms with Crippen LogP contribution in [0.4, 0.5) is 0 Å². The molecule has 0 saturated heterocycles. The second-order valence-electron chi connectivity index (χ2n) is 7.72. The first-order valence-corrected chi connectivity index (χ1v) is 9.48. The van der Waals surface area contributed by atoms with Crippen LogP contribution in [0.3, 0.4) is 0 Å². The molecule has 0 aliphatic heterocycles. The van der Waals surface area contributed by atoms with Gasteiger partial charge in [-0.15, -0.1) is 0 Å². The second kappa shape index (κ2) is 9.22. The highest BCUT2D eigenvalue weighted by atomic mass is 16.3. The van der Waals surface area contributed by atoms with Gasteiger partial charge in [0, 0.05) is 19.1 Å². The van der Waals surface area contributed by atoms with E-state index in [1.807, 2.05) is 12.1 Å². The van der Waals surface area contributed by atoms with Gasteiger partial charge in [0.05, 0.1) is 0 Å². The fourth-order valence-corrected chi connectivity index (χ4v) is 4.12. The summed E-state index contributed by atoms with van der Waals surface area (Å²) in [6, 6.07) is 8.18. The molecule has 2 rings (SSSR count). The molecular weight excluding hydrogens is 298 g/mol. The van der Waals surface area contributed by atoms with Crippen LogP contribution < -0.4 is 5.32 Å². The fraction of sp³-hybridized carbons (Fsp3) is 0.667. The molecule has 3 heteroatoms. The first kappa shape index (κ1) is 19.0. The number of hydrogen-bond donors (Lipinski definition) is 2. The number of rotatable bonds is 7. The number of carbonyl (C=O) groups is 1. The fourth-order valence-electron chi connectivity index (χ4n) is 4.12. The zero-order valence-corrected chi connectivity index (χ0v) is 15.4. The number of amides is 1. The largest absolute Gasteiger partial charge is 0.396 e. The summed E-state index contributed by atoms with van der Waals surface area (Å²) in [5, 5.41) is 12.3. The zero-order valence-electron chi connectivity index (χ0n) is 15.4. The van der Waals surface area contributed by atoms with Crippen LogP contribution >= 0.6 is 0 Å². The third kappa shape index (κ3) is 5.07. The molecule has 1 saturated carbocycles. The molecule has 1 aromatic rings. The molecule has 24 heavy (non-hydrogen) atoms. The summed E-state index contributed by atoms with van der Waals surface area (Å²) in [5.74, 6) is 2.14. The highest BCUT2D eigenvalue weighted by Crippen LogP contribution is 2.38. The number of aliphatic hydroxyl groups excluding tert-OH is 1. The second-order valence-corrected chi connectivity index (χ2v) is 7.72. The van der Waals surface area contributed by atoms with Crippen molar-refractivity contribution in [2.24, 2.45) is 23.7 Å². The predicted octanol–water partition coefficient (Wildman–Crippen LogP) is 3.59. The van der Waals surface area contributed by atoms with Crippen molar-refractivity contribution in [3.63, 3.8) is 0 Å². The van der Waals surface area contributed by atoms with Crippen molar-refractivity contribution < 1.29 is 9.90 Å². The van der Waals surface area contributed by atoms with E-state index < -0.39 is 0 Å². The Kier molecular flexibility index (Phi) is 7.29. The molecule has 1 amide bonds. The summed E-state index contributed by atoms with van der Waals surface area (Å²) in [4.78, 5) is 12.7. The van der Waals surface area contributed by atoms with E-state index in [9.17, 15) is 4.79 Å². The molecule has 1 aliphatic rings. The summed E-state index contributed by atoms with van der Waals surface area (Å²) < 4.78 is 0. The van der Waals surface area contributed by atoms with Gasteiger partial charge in [-0.1, -0.05) is 51.5 Å². The van der Waals surface area contributed by atoms with Gasteiger partial charge in [-0.3, -0.25) is 4.79 Å². The van der Waals surface area contributed by atoms with Crippen molar-refractivity contribution in [3.05, 3.63) is 35.4 Å². The standard InChI is InChI=1S/C21H33NO2/c1-15(2)19-9-8-16(3)14-20(19)21(24)22-12-10-17-6-4-5-7-18(17)11-13-23/h4-7,15-16,19-20,23H,8-14H2,1-3H3,(H,22,24). The monoisotopic (exact) mass is 331 g/mol. The van der Waals surface area contributed by atoms with E-state index in [0.29, 0.717) is 30.7 Å². The molecule has 0 radical (unpaired) electrons. The van der Waals surface area contributed by atoms with Crippen LogP contribution in [0, 0.1) is 23.7 Å². The zero-order chi connectivity index (χ0) is 17.5. The Labute approximate surface area is 146 Å². The maximum Gasteiger partial charge on any atom is 0.223 e. The summed E-state index contributed by atoms with van der Waals surface area (Å²) in [5.41, 5.74) is 2.41. The van der Waals surface area contributed by atoms with Gasteiger partial charge in [-0.25, -0.2) is 0 Å². The molecule has 0 aromatic heterocycles. The minimum Gasteiger partial charge on any atom is -0.396 e. The lowest BCUT2D eigenvalue weighted by atomic mass is 9.70. The predicted molar refractivity (Wildman–Crippen MR) is 98.8 cm³/mol. The molecule has 1 aliphatic carbocycles. The van der Waals surface area contributed by atoms with Crippen LogP contribution in [-0.2, 0) is 17.6 Å². The third-order valence-electron chi connectivity index (χ3n) is 5.55. The molecule has 0 heterocycles. The maximum absolute atomic E-state index is 12.7. The van der Waals surface area contributed by atoms with Crippen molar-refractivity contribution in [1.82, 2.24) is 5.32 Å². The quantitative estimate of drug-likeness (QED) is 0.802. The van der Waals surface area contributed by atoms with E-state index in [4.69, 9.17) is 5.11 Å². The Balaban J connectivity index is 1.90. The van der Waals surface area contributed by atoms with E-state index in [-0.39, 0.29) is 18.4 Å². The smallest absolute Gasteiger partial charge is 0.223 e. The van der Waals surface area contributed by atoms with Crippen molar-refractivity contribution in [3.8, 4) is 0 Å². The van der Waals surface area contributed by atoms with Gasteiger partial charge in [0.1, 0.15) is 0 Å². The Hall–Kier alpha value is -1.35. The molecule has 1 fully saturated rings. The molecule has 3 unspecified atom stereocenters. The number of nitrogens with one attached hydrogen (secondary N) is 1. The van der Waals surface area contributed by atoms with E-state index >= 15 is 0 Å². The first-order chi connectivity index (χ1) is 11.5. The van der Waals surface area contributed by atoms with E-state index in [1.54, 1.807) is 0 Å². The molecule has 0 bridgehead atoms. The van der Waals surface area contributed by atoms with Crippen LogP contribution in [-0.4, -0.2) is 24.2 Å². The normalized spacial score (nSPS) is 24.1. The number of benzene rings is 1. The van der Waals surface area contributed by atoms with Gasteiger partial charge in [-0.05, 0) is 54.6 Å². The van der Waals surface area contributed by atoms with Gasteiger partial charge in [0.15, 0.2) is 0 Å². The van der Waals surface area contributed by atoms with Crippen LogP contribution in [0.1, 0.15) is 51.2 Å². The molecule has 3 atom stereocenters. The van der Waals surface area contributed by atoms with Gasteiger partial charge in [-0.2, -0.15) is 0 Å². The van der Waals surface area contributed by atoms with Crippen LogP contribution in [0.25, 0.3) is 0 Å². The van der Waals surface area contributed by atoms with E-state index in [2.05, 4.69) is 38.2 Å². The van der Waals surface area contributed by atoms with Crippen LogP contribution in [0.5, 0.6) is 0 Å². The van der Waals surface area contributed by atoms with Gasteiger partial charge in [0.2, 0.25) is 5.91 Å². The molecule has 2 N–H and O–H groups in total. The summed E-state index contributed by atoms with van der Waals surface area (Å²) in [7, 11) is 0. The average Bonchev–Trinajstić information content (AvgIpc) is 2.56. The summed E-state index contributed by atoms with van der Waals surface area (Å²) in [6.45, 7) is 7.59. The highest BCUT2D eigenvalue weighted by molar-refractivity contribution is 5.79. The topological polar surface area (TPSA) is 49.3 Å². The lowest BCUT2D eigenvalue weighted by Gasteiger charge is -2.36. The van der Waals surface area contributed by atoms with E-state index in [1.165, 1.54) is 24.0 Å². The first-order valence-electron chi connectivity index (χ1n) is 9.48. The van der Waals surface area contributed by atoms with Gasteiger partial charge >= 0.3 is 0 Å². The minimum atomic E-state index is 0.166. The lowest BCUT2D eigenvalue weighted by Crippen LogP contribution is -2.40. The van der Waals surface area contributed by atoms with Crippen molar-refractivity contribution in [2.75, 3.05) is 13.2 Å². The Morgan fingerprint density at radius 2 is 1.88 bits per heavy atom. The Bertz CT molecular complexity index is 526. The number of hydrogen-bond acceptors (Lipinski definition) is 2. The molecule has 0 spiro atoms. The minimum absolute atomic E-state index is 0.166. The molecular formula is C21H33NO2. The van der Waals surface area contributed by atoms with Crippen molar-refractivity contribution in [2.45, 2.75) is 52.9 Å². The maximum atomic E-state index is 12.7.